The minimum atomic E-state index is -0.416. The van der Waals surface area contributed by atoms with Crippen molar-refractivity contribution in [2.24, 2.45) is 0 Å². The molecule has 0 bridgehead atoms. The SMILES string of the molecule is Cc1cccc(/C(=C2/SC(=S)NC2=O)c2cc(-c3ccccc3)cc([N+](=O)[O-])c2)c1. The number of nitro benzene ring substituents is 1. The third-order valence-electron chi connectivity index (χ3n) is 4.67. The van der Waals surface area contributed by atoms with Crippen molar-refractivity contribution < 1.29 is 9.72 Å². The molecule has 3 aromatic rings. The molecule has 1 heterocycles. The highest BCUT2D eigenvalue weighted by atomic mass is 32.2. The first-order valence-corrected chi connectivity index (χ1v) is 10.3. The summed E-state index contributed by atoms with van der Waals surface area (Å²) in [7, 11) is 0. The van der Waals surface area contributed by atoms with Gasteiger partial charge in [0.2, 0.25) is 0 Å². The second kappa shape index (κ2) is 8.22. The molecular formula is C23H16N2O3S2. The number of thioether (sulfide) groups is 1. The molecule has 0 aromatic heterocycles. The van der Waals surface area contributed by atoms with Crippen LogP contribution in [0, 0.1) is 17.0 Å². The lowest BCUT2D eigenvalue weighted by Crippen LogP contribution is -2.18. The first-order valence-electron chi connectivity index (χ1n) is 9.12. The predicted molar refractivity (Wildman–Crippen MR) is 124 cm³/mol. The Morgan fingerprint density at radius 3 is 2.37 bits per heavy atom. The predicted octanol–water partition coefficient (Wildman–Crippen LogP) is 5.48. The molecule has 1 saturated heterocycles. The van der Waals surface area contributed by atoms with Crippen molar-refractivity contribution in [3.8, 4) is 11.1 Å². The van der Waals surface area contributed by atoms with Crippen LogP contribution in [-0.2, 0) is 4.79 Å². The highest BCUT2D eigenvalue weighted by Gasteiger charge is 2.28. The summed E-state index contributed by atoms with van der Waals surface area (Å²) in [6.07, 6.45) is 0. The van der Waals surface area contributed by atoms with Gasteiger partial charge >= 0.3 is 0 Å². The Hall–Kier alpha value is -3.29. The van der Waals surface area contributed by atoms with E-state index in [1.54, 1.807) is 6.07 Å². The quantitative estimate of drug-likeness (QED) is 0.256. The van der Waals surface area contributed by atoms with Gasteiger partial charge in [-0.25, -0.2) is 0 Å². The lowest BCUT2D eigenvalue weighted by Gasteiger charge is -2.13. The minimum absolute atomic E-state index is 0.0388. The van der Waals surface area contributed by atoms with E-state index in [0.717, 1.165) is 16.7 Å². The fourth-order valence-electron chi connectivity index (χ4n) is 3.37. The number of amides is 1. The van der Waals surface area contributed by atoms with E-state index in [-0.39, 0.29) is 11.6 Å². The molecule has 0 aliphatic carbocycles. The summed E-state index contributed by atoms with van der Waals surface area (Å²) >= 11 is 6.35. The van der Waals surface area contributed by atoms with Gasteiger partial charge in [0.15, 0.2) is 0 Å². The van der Waals surface area contributed by atoms with Crippen molar-refractivity contribution in [1.82, 2.24) is 5.32 Å². The van der Waals surface area contributed by atoms with Gasteiger partial charge in [-0.1, -0.05) is 84.1 Å². The second-order valence-electron chi connectivity index (χ2n) is 6.81. The number of nitro groups is 1. The molecule has 1 amide bonds. The van der Waals surface area contributed by atoms with Crippen molar-refractivity contribution in [3.63, 3.8) is 0 Å². The molecule has 0 atom stereocenters. The van der Waals surface area contributed by atoms with Gasteiger partial charge in [0, 0.05) is 17.7 Å². The van der Waals surface area contributed by atoms with Crippen LogP contribution in [0.3, 0.4) is 0 Å². The summed E-state index contributed by atoms with van der Waals surface area (Å²) in [5, 5.41) is 14.3. The van der Waals surface area contributed by atoms with E-state index in [4.69, 9.17) is 12.2 Å². The van der Waals surface area contributed by atoms with Crippen molar-refractivity contribution in [2.45, 2.75) is 6.92 Å². The third-order valence-corrected chi connectivity index (χ3v) is 5.91. The van der Waals surface area contributed by atoms with Crippen molar-refractivity contribution in [1.29, 1.82) is 0 Å². The van der Waals surface area contributed by atoms with Crippen LogP contribution >= 0.6 is 24.0 Å². The molecule has 4 rings (SSSR count). The van der Waals surface area contributed by atoms with Crippen molar-refractivity contribution >= 4 is 45.5 Å². The first-order chi connectivity index (χ1) is 14.4. The number of nitrogens with zero attached hydrogens (tertiary/aromatic N) is 1. The standard InChI is InChI=1S/C23H16N2O3S2/c1-14-6-5-9-16(10-14)20(21-22(26)24-23(29)30-21)18-11-17(12-19(13-18)25(27)28)15-7-3-2-4-8-15/h2-13H,1H3,(H,24,26,29)/b21-20-. The van der Waals surface area contributed by atoms with Crippen molar-refractivity contribution in [2.75, 3.05) is 0 Å². The van der Waals surface area contributed by atoms with E-state index in [1.807, 2.05) is 67.6 Å². The van der Waals surface area contributed by atoms with Gasteiger partial charge < -0.3 is 5.32 Å². The van der Waals surface area contributed by atoms with Crippen LogP contribution in [0.2, 0.25) is 0 Å². The molecular weight excluding hydrogens is 416 g/mol. The summed E-state index contributed by atoms with van der Waals surface area (Å²) < 4.78 is 0.369. The second-order valence-corrected chi connectivity index (χ2v) is 8.50. The Morgan fingerprint density at radius 1 is 0.967 bits per heavy atom. The number of thiocarbonyl (C=S) groups is 1. The largest absolute Gasteiger partial charge is 0.307 e. The van der Waals surface area contributed by atoms with Gasteiger partial charge in [0.05, 0.1) is 9.83 Å². The van der Waals surface area contributed by atoms with E-state index in [2.05, 4.69) is 5.32 Å². The van der Waals surface area contributed by atoms with E-state index in [0.29, 0.717) is 25.9 Å². The molecule has 1 aliphatic heterocycles. The summed E-state index contributed by atoms with van der Waals surface area (Å²) in [5.74, 6) is -0.297. The summed E-state index contributed by atoms with van der Waals surface area (Å²) in [5.41, 5.74) is 4.56. The number of nitrogens with one attached hydrogen (secondary N) is 1. The summed E-state index contributed by atoms with van der Waals surface area (Å²) in [4.78, 5) is 24.3. The average Bonchev–Trinajstić information content (AvgIpc) is 3.06. The lowest BCUT2D eigenvalue weighted by atomic mass is 9.92. The molecule has 5 nitrogen and oxygen atoms in total. The number of benzene rings is 3. The Morgan fingerprint density at radius 2 is 1.73 bits per heavy atom. The maximum atomic E-state index is 12.6. The Labute approximate surface area is 183 Å². The Kier molecular flexibility index (Phi) is 5.48. The number of non-ortho nitro benzene ring substituents is 1. The van der Waals surface area contributed by atoms with Gasteiger partial charge in [0.25, 0.3) is 11.6 Å². The molecule has 1 N–H and O–H groups in total. The van der Waals surface area contributed by atoms with Gasteiger partial charge in [-0.15, -0.1) is 0 Å². The molecule has 0 saturated carbocycles. The zero-order valence-corrected chi connectivity index (χ0v) is 17.5. The van der Waals surface area contributed by atoms with E-state index in [9.17, 15) is 14.9 Å². The Bertz CT molecular complexity index is 1220. The Balaban J connectivity index is 2.01. The molecule has 1 aliphatic rings. The highest BCUT2D eigenvalue weighted by molar-refractivity contribution is 8.26. The lowest BCUT2D eigenvalue weighted by molar-refractivity contribution is -0.384. The number of hydrogen-bond acceptors (Lipinski definition) is 5. The zero-order chi connectivity index (χ0) is 21.3. The summed E-state index contributed by atoms with van der Waals surface area (Å²) in [6.45, 7) is 1.96. The molecule has 3 aromatic carbocycles. The fourth-order valence-corrected chi connectivity index (χ4v) is 4.52. The van der Waals surface area contributed by atoms with Gasteiger partial charge in [0.1, 0.15) is 4.32 Å². The highest BCUT2D eigenvalue weighted by Crippen LogP contribution is 2.39. The molecule has 0 radical (unpaired) electrons. The number of rotatable bonds is 4. The smallest absolute Gasteiger partial charge is 0.270 e. The molecule has 0 unspecified atom stereocenters. The van der Waals surface area contributed by atoms with E-state index >= 15 is 0 Å². The maximum Gasteiger partial charge on any atom is 0.270 e. The molecule has 7 heteroatoms. The van der Waals surface area contributed by atoms with Gasteiger partial charge in [-0.3, -0.25) is 14.9 Å². The van der Waals surface area contributed by atoms with Gasteiger partial charge in [-0.2, -0.15) is 0 Å². The summed E-state index contributed by atoms with van der Waals surface area (Å²) in [6, 6.07) is 22.1. The number of carbonyl (C=O) groups excluding carboxylic acids is 1. The van der Waals surface area contributed by atoms with Crippen LogP contribution in [-0.4, -0.2) is 15.2 Å². The topological polar surface area (TPSA) is 72.2 Å². The van der Waals surface area contributed by atoms with Crippen LogP contribution in [0.4, 0.5) is 5.69 Å². The zero-order valence-electron chi connectivity index (χ0n) is 15.9. The van der Waals surface area contributed by atoms with Crippen molar-refractivity contribution in [3.05, 3.63) is 105 Å². The fraction of sp³-hybridized carbons (Fsp3) is 0.0435. The van der Waals surface area contributed by atoms with Gasteiger partial charge in [-0.05, 0) is 35.2 Å². The van der Waals surface area contributed by atoms with Crippen LogP contribution in [0.25, 0.3) is 16.7 Å². The molecule has 30 heavy (non-hydrogen) atoms. The normalized spacial score (nSPS) is 15.1. The molecule has 0 spiro atoms. The minimum Gasteiger partial charge on any atom is -0.307 e. The van der Waals surface area contributed by atoms with Crippen LogP contribution < -0.4 is 5.32 Å². The molecule has 148 valence electrons. The average molecular weight is 433 g/mol. The van der Waals surface area contributed by atoms with Crippen LogP contribution in [0.15, 0.2) is 77.7 Å². The third kappa shape index (κ3) is 4.03. The van der Waals surface area contributed by atoms with Crippen LogP contribution in [0.1, 0.15) is 16.7 Å². The number of aryl methyl sites for hydroxylation is 1. The number of carbonyl (C=O) groups is 1. The monoisotopic (exact) mass is 432 g/mol. The first kappa shape index (κ1) is 20.0. The van der Waals surface area contributed by atoms with Crippen LogP contribution in [0.5, 0.6) is 0 Å². The van der Waals surface area contributed by atoms with E-state index in [1.165, 1.54) is 17.8 Å². The van der Waals surface area contributed by atoms with E-state index < -0.39 is 4.92 Å². The molecule has 1 fully saturated rings. The maximum absolute atomic E-state index is 12.6. The number of hydrogen-bond donors (Lipinski definition) is 1.